The first kappa shape index (κ1) is 48.7. The Morgan fingerprint density at radius 3 is 1.05 bits per heavy atom. The number of anilines is 2. The van der Waals surface area contributed by atoms with Crippen LogP contribution < -0.4 is 26.1 Å². The predicted octanol–water partition coefficient (Wildman–Crippen LogP) is 2.96. The van der Waals surface area contributed by atoms with Crippen LogP contribution in [0.4, 0.5) is 11.4 Å². The summed E-state index contributed by atoms with van der Waals surface area (Å²) in [5, 5.41) is 21.6. The van der Waals surface area contributed by atoms with Crippen molar-refractivity contribution < 1.29 is 36.8 Å². The second-order valence-electron chi connectivity index (χ2n) is 17.7. The smallest absolute Gasteiger partial charge is 0.266 e. The van der Waals surface area contributed by atoms with E-state index in [0.717, 1.165) is 0 Å². The summed E-state index contributed by atoms with van der Waals surface area (Å²) in [5.41, 5.74) is 18.3. The van der Waals surface area contributed by atoms with Crippen LogP contribution in [0.5, 0.6) is 0 Å². The van der Waals surface area contributed by atoms with Gasteiger partial charge in [0.2, 0.25) is 20.0 Å². The van der Waals surface area contributed by atoms with E-state index in [1.807, 2.05) is 11.9 Å². The summed E-state index contributed by atoms with van der Waals surface area (Å²) < 4.78 is 53.9. The Hall–Kier alpha value is -3.36. The van der Waals surface area contributed by atoms with Crippen LogP contribution >= 0.6 is 0 Å². The third-order valence-corrected chi connectivity index (χ3v) is 20.2. The maximum absolute atomic E-state index is 13.6. The topological polar surface area (TPSA) is 195 Å². The summed E-state index contributed by atoms with van der Waals surface area (Å²) in [7, 11) is -5.93. The molecule has 2 amide bonds. The molecular formula is C43H70N8O8S2. The maximum Gasteiger partial charge on any atom is 0.266 e. The number of piperazine rings is 2. The van der Waals surface area contributed by atoms with Gasteiger partial charge in [-0.05, 0) is 184 Å². The van der Waals surface area contributed by atoms with Gasteiger partial charge in [-0.2, -0.15) is 8.61 Å². The number of carbonyl (C=O) groups excluding carboxylic acids is 2. The van der Waals surface area contributed by atoms with Crippen LogP contribution in [0, 0.1) is 69.2 Å². The third kappa shape index (κ3) is 8.55. The van der Waals surface area contributed by atoms with Gasteiger partial charge in [0.15, 0.2) is 9.49 Å². The quantitative estimate of drug-likeness (QED) is 0.193. The number of nitrogens with one attached hydrogen (secondary N) is 3. The summed E-state index contributed by atoms with van der Waals surface area (Å²) in [6.07, 6.45) is 0.646. The molecule has 4 aliphatic rings. The zero-order chi connectivity index (χ0) is 45.4. The van der Waals surface area contributed by atoms with Crippen molar-refractivity contribution in [3.63, 3.8) is 0 Å². The molecule has 0 spiro atoms. The molecule has 0 aromatic heterocycles. The number of benzene rings is 2. The lowest BCUT2D eigenvalue weighted by atomic mass is 9.92. The zero-order valence-corrected chi connectivity index (χ0v) is 39.8. The molecule has 342 valence electrons. The van der Waals surface area contributed by atoms with Gasteiger partial charge in [0, 0.05) is 63.7 Å². The maximum atomic E-state index is 13.6. The second kappa shape index (κ2) is 18.8. The normalized spacial score (nSPS) is 20.5. The molecule has 0 aliphatic carbocycles. The molecule has 61 heavy (non-hydrogen) atoms. The number of carbonyl (C=O) groups is 2. The molecule has 18 heteroatoms. The predicted molar refractivity (Wildman–Crippen MR) is 240 cm³/mol. The van der Waals surface area contributed by atoms with Crippen LogP contribution in [0.15, 0.2) is 0 Å². The molecule has 4 heterocycles. The van der Waals surface area contributed by atoms with Gasteiger partial charge in [0.25, 0.3) is 11.8 Å². The van der Waals surface area contributed by atoms with Gasteiger partial charge in [-0.25, -0.2) is 27.8 Å². The van der Waals surface area contributed by atoms with E-state index in [4.69, 9.17) is 0 Å². The Balaban J connectivity index is 0.000000231. The van der Waals surface area contributed by atoms with Gasteiger partial charge >= 0.3 is 0 Å². The van der Waals surface area contributed by atoms with Crippen molar-refractivity contribution in [2.45, 2.75) is 104 Å². The average molecular weight is 891 g/mol. The third-order valence-electron chi connectivity index (χ3n) is 14.9. The molecule has 5 N–H and O–H groups in total. The molecule has 0 bridgehead atoms. The van der Waals surface area contributed by atoms with E-state index >= 15 is 0 Å². The van der Waals surface area contributed by atoms with Crippen LogP contribution in [0.1, 0.15) is 81.3 Å². The van der Waals surface area contributed by atoms with Crippen molar-refractivity contribution >= 4 is 43.2 Å². The largest absolute Gasteiger partial charge is 0.368 e. The van der Waals surface area contributed by atoms with Gasteiger partial charge in [0.1, 0.15) is 0 Å². The van der Waals surface area contributed by atoms with Gasteiger partial charge < -0.3 is 20.0 Å². The molecule has 4 fully saturated rings. The summed E-state index contributed by atoms with van der Waals surface area (Å²) >= 11 is 0. The van der Waals surface area contributed by atoms with Crippen LogP contribution in [0.25, 0.3) is 0 Å². The highest BCUT2D eigenvalue weighted by Crippen LogP contribution is 2.38. The molecule has 0 saturated carbocycles. The summed E-state index contributed by atoms with van der Waals surface area (Å²) in [6, 6.07) is 0. The minimum atomic E-state index is -3.92. The van der Waals surface area contributed by atoms with E-state index in [2.05, 4.69) is 84.4 Å². The first-order chi connectivity index (χ1) is 28.6. The monoisotopic (exact) mass is 890 g/mol. The molecule has 0 radical (unpaired) electrons. The summed E-state index contributed by atoms with van der Waals surface area (Å²) in [4.78, 5) is 31.6. The Bertz CT molecular complexity index is 2140. The highest BCUT2D eigenvalue weighted by atomic mass is 32.2. The standard InChI is InChI=1S/C22H36N4O4S.C21H34N4O4S/c1-15-16(2)18(4)20(19(5)17(15)3)25-11-13-26(14-12-25)31(29,30)22(21(27)23-28)7-9-24(6)10-8-22;1-14-15(2)17(4)19(18(5)16(14)3)24-10-12-25(13-11-24)30(28,29)21(20(26)23-27)6-8-22-9-7-21/h28H,7-14H2,1-6H3,(H,23,27);22,27H,6-13H2,1-5H3,(H,23,26). The number of piperidine rings is 2. The Kier molecular flexibility index (Phi) is 15.0. The molecule has 0 atom stereocenters. The number of hydroxylamine groups is 2. The van der Waals surface area contributed by atoms with Crippen LogP contribution in [-0.2, 0) is 29.6 Å². The van der Waals surface area contributed by atoms with Crippen molar-refractivity contribution in [3.05, 3.63) is 55.6 Å². The second-order valence-corrected chi connectivity index (χ2v) is 22.1. The van der Waals surface area contributed by atoms with Gasteiger partial charge in [-0.3, -0.25) is 20.0 Å². The molecule has 4 aliphatic heterocycles. The van der Waals surface area contributed by atoms with Crippen molar-refractivity contribution in [2.24, 2.45) is 0 Å². The lowest BCUT2D eigenvalue weighted by molar-refractivity contribution is -0.133. The molecule has 2 aromatic carbocycles. The number of rotatable bonds is 8. The number of nitrogens with zero attached hydrogens (tertiary/aromatic N) is 5. The number of sulfonamides is 2. The van der Waals surface area contributed by atoms with Crippen molar-refractivity contribution in [1.29, 1.82) is 0 Å². The van der Waals surface area contributed by atoms with Gasteiger partial charge in [-0.15, -0.1) is 0 Å². The lowest BCUT2D eigenvalue weighted by Crippen LogP contribution is -2.63. The van der Waals surface area contributed by atoms with Crippen LogP contribution in [-0.4, -0.2) is 148 Å². The van der Waals surface area contributed by atoms with Crippen molar-refractivity contribution in [1.82, 2.24) is 29.8 Å². The summed E-state index contributed by atoms with van der Waals surface area (Å²) in [5.74, 6) is -1.65. The molecule has 2 aromatic rings. The fraction of sp³-hybridized carbons (Fsp3) is 0.674. The fourth-order valence-corrected chi connectivity index (χ4v) is 14.2. The van der Waals surface area contributed by atoms with Crippen LogP contribution in [0.3, 0.4) is 0 Å². The van der Waals surface area contributed by atoms with E-state index in [1.165, 1.54) is 75.6 Å². The molecule has 6 rings (SSSR count). The molecule has 16 nitrogen and oxygen atoms in total. The van der Waals surface area contributed by atoms with Crippen molar-refractivity contribution in [3.8, 4) is 0 Å². The van der Waals surface area contributed by atoms with Gasteiger partial charge in [0.05, 0.1) is 0 Å². The lowest BCUT2D eigenvalue weighted by Gasteiger charge is -2.44. The molecular weight excluding hydrogens is 821 g/mol. The summed E-state index contributed by atoms with van der Waals surface area (Å²) in [6.45, 7) is 26.7. The van der Waals surface area contributed by atoms with E-state index < -0.39 is 41.4 Å². The van der Waals surface area contributed by atoms with E-state index in [9.17, 15) is 36.8 Å². The van der Waals surface area contributed by atoms with E-state index in [0.29, 0.717) is 78.5 Å². The number of amides is 2. The fourth-order valence-electron chi connectivity index (χ4n) is 9.93. The van der Waals surface area contributed by atoms with Crippen molar-refractivity contribution in [2.75, 3.05) is 95.4 Å². The zero-order valence-electron chi connectivity index (χ0n) is 38.2. The minimum absolute atomic E-state index is 0.149. The number of hydrogen-bond donors (Lipinski definition) is 5. The molecule has 0 unspecified atom stereocenters. The first-order valence-electron chi connectivity index (χ1n) is 21.5. The Morgan fingerprint density at radius 1 is 0.475 bits per heavy atom. The first-order valence-corrected chi connectivity index (χ1v) is 24.4. The number of likely N-dealkylation sites (tertiary alicyclic amines) is 1. The Labute approximate surface area is 364 Å². The Morgan fingerprint density at radius 2 is 0.754 bits per heavy atom. The SMILES string of the molecule is Cc1c(C)c(C)c(N2CCN(S(=O)(=O)C3(C(=O)NO)CCN(C)CC3)CC2)c(C)c1C.Cc1c(C)c(C)c(N2CCN(S(=O)(=O)C3(C(=O)NO)CCNCC3)CC2)c(C)c1C. The van der Waals surface area contributed by atoms with Crippen LogP contribution in [0.2, 0.25) is 0 Å². The molecule has 4 saturated heterocycles. The highest BCUT2D eigenvalue weighted by Gasteiger charge is 2.56. The minimum Gasteiger partial charge on any atom is -0.368 e. The average Bonchev–Trinajstić information content (AvgIpc) is 3.26. The number of hydrogen-bond acceptors (Lipinski definition) is 12. The van der Waals surface area contributed by atoms with E-state index in [1.54, 1.807) is 11.0 Å². The highest BCUT2D eigenvalue weighted by molar-refractivity contribution is 7.91. The van der Waals surface area contributed by atoms with Gasteiger partial charge in [-0.1, -0.05) is 0 Å². The van der Waals surface area contributed by atoms with E-state index in [-0.39, 0.29) is 25.7 Å².